The molecule has 0 aliphatic rings. The first-order valence-electron chi connectivity index (χ1n) is 6.82. The van der Waals surface area contributed by atoms with Crippen LogP contribution in [0.1, 0.15) is 26.0 Å². The van der Waals surface area contributed by atoms with E-state index in [0.717, 1.165) is 42.3 Å². The van der Waals surface area contributed by atoms with Crippen LogP contribution in [0.15, 0.2) is 30.5 Å². The topological polar surface area (TPSA) is 49.9 Å². The maximum absolute atomic E-state index is 5.62. The van der Waals surface area contributed by atoms with E-state index in [4.69, 9.17) is 4.74 Å². The van der Waals surface area contributed by atoms with Crippen molar-refractivity contribution in [2.75, 3.05) is 13.2 Å². The van der Waals surface area contributed by atoms with Crippen LogP contribution in [0, 0.1) is 0 Å². The molecule has 4 heteroatoms. The average Bonchev–Trinajstić information content (AvgIpc) is 2.89. The Balaban J connectivity index is 2.13. The Morgan fingerprint density at radius 1 is 1.26 bits per heavy atom. The third-order valence-electron chi connectivity index (χ3n) is 2.81. The smallest absolute Gasteiger partial charge is 0.141 e. The van der Waals surface area contributed by atoms with Crippen LogP contribution in [0.5, 0.6) is 5.75 Å². The number of nitrogens with zero attached hydrogens (tertiary/aromatic N) is 1. The molecule has 19 heavy (non-hydrogen) atoms. The Morgan fingerprint density at radius 2 is 2.11 bits per heavy atom. The third kappa shape index (κ3) is 3.58. The van der Waals surface area contributed by atoms with Crippen LogP contribution in [0.2, 0.25) is 0 Å². The highest BCUT2D eigenvalue weighted by Gasteiger charge is 2.08. The van der Waals surface area contributed by atoms with Gasteiger partial charge in [0.1, 0.15) is 11.6 Å². The van der Waals surface area contributed by atoms with Crippen molar-refractivity contribution in [1.29, 1.82) is 0 Å². The highest BCUT2D eigenvalue weighted by molar-refractivity contribution is 5.64. The fraction of sp³-hybridized carbons (Fsp3) is 0.400. The van der Waals surface area contributed by atoms with Crippen molar-refractivity contribution in [2.24, 2.45) is 0 Å². The molecule has 0 fully saturated rings. The standard InChI is InChI=1S/C15H21N3O/c1-3-9-16-10-12-11-17-15(18-12)13-7-5-6-8-14(13)19-4-2/h5-8,11,16H,3-4,9-10H2,1-2H3,(H,17,18). The molecule has 102 valence electrons. The van der Waals surface area contributed by atoms with Crippen LogP contribution in [-0.4, -0.2) is 23.1 Å². The molecule has 2 rings (SSSR count). The van der Waals surface area contributed by atoms with Gasteiger partial charge in [-0.1, -0.05) is 19.1 Å². The first-order chi connectivity index (χ1) is 9.35. The zero-order valence-electron chi connectivity index (χ0n) is 11.6. The van der Waals surface area contributed by atoms with Crippen LogP contribution in [-0.2, 0) is 6.54 Å². The maximum atomic E-state index is 5.62. The predicted octanol–water partition coefficient (Wildman–Crippen LogP) is 2.98. The highest BCUT2D eigenvalue weighted by atomic mass is 16.5. The second kappa shape index (κ2) is 6.95. The van der Waals surface area contributed by atoms with Gasteiger partial charge in [-0.15, -0.1) is 0 Å². The van der Waals surface area contributed by atoms with Crippen molar-refractivity contribution in [2.45, 2.75) is 26.8 Å². The number of para-hydroxylation sites is 1. The third-order valence-corrected chi connectivity index (χ3v) is 2.81. The van der Waals surface area contributed by atoms with Gasteiger partial charge in [0, 0.05) is 18.4 Å². The molecule has 0 aliphatic carbocycles. The molecule has 1 aromatic heterocycles. The zero-order chi connectivity index (χ0) is 13.5. The van der Waals surface area contributed by atoms with Crippen molar-refractivity contribution < 1.29 is 4.74 Å². The summed E-state index contributed by atoms with van der Waals surface area (Å²) in [5.74, 6) is 1.73. The monoisotopic (exact) mass is 259 g/mol. The molecule has 0 bridgehead atoms. The summed E-state index contributed by atoms with van der Waals surface area (Å²) in [5, 5.41) is 3.35. The van der Waals surface area contributed by atoms with E-state index in [2.05, 4.69) is 22.2 Å². The Morgan fingerprint density at radius 3 is 2.89 bits per heavy atom. The minimum absolute atomic E-state index is 0.655. The predicted molar refractivity (Wildman–Crippen MR) is 77.2 cm³/mol. The van der Waals surface area contributed by atoms with Crippen LogP contribution in [0.3, 0.4) is 0 Å². The molecule has 0 aliphatic heterocycles. The first kappa shape index (κ1) is 13.6. The van der Waals surface area contributed by atoms with Crippen LogP contribution in [0.4, 0.5) is 0 Å². The van der Waals surface area contributed by atoms with E-state index >= 15 is 0 Å². The van der Waals surface area contributed by atoms with E-state index in [9.17, 15) is 0 Å². The molecule has 0 spiro atoms. The fourth-order valence-electron chi connectivity index (χ4n) is 1.93. The van der Waals surface area contributed by atoms with Gasteiger partial charge in [-0.05, 0) is 32.0 Å². The second-order valence-electron chi connectivity index (χ2n) is 4.36. The number of imidazole rings is 1. The van der Waals surface area contributed by atoms with Crippen molar-refractivity contribution in [1.82, 2.24) is 15.3 Å². The summed E-state index contributed by atoms with van der Waals surface area (Å²) in [6, 6.07) is 7.96. The van der Waals surface area contributed by atoms with E-state index in [1.54, 1.807) is 0 Å². The van der Waals surface area contributed by atoms with Crippen molar-refractivity contribution in [3.8, 4) is 17.1 Å². The Bertz CT molecular complexity index is 508. The van der Waals surface area contributed by atoms with E-state index in [1.165, 1.54) is 0 Å². The van der Waals surface area contributed by atoms with Gasteiger partial charge < -0.3 is 15.0 Å². The van der Waals surface area contributed by atoms with Gasteiger partial charge in [-0.3, -0.25) is 0 Å². The van der Waals surface area contributed by atoms with Crippen molar-refractivity contribution in [3.63, 3.8) is 0 Å². The second-order valence-corrected chi connectivity index (χ2v) is 4.36. The molecule has 1 heterocycles. The van der Waals surface area contributed by atoms with Gasteiger partial charge in [-0.25, -0.2) is 4.98 Å². The summed E-state index contributed by atoms with van der Waals surface area (Å²) in [7, 11) is 0. The van der Waals surface area contributed by atoms with E-state index in [-0.39, 0.29) is 0 Å². The molecule has 0 unspecified atom stereocenters. The number of ether oxygens (including phenoxy) is 1. The van der Waals surface area contributed by atoms with E-state index in [0.29, 0.717) is 6.61 Å². The molecular formula is C15H21N3O. The quantitative estimate of drug-likeness (QED) is 0.752. The number of benzene rings is 1. The van der Waals surface area contributed by atoms with Crippen molar-refractivity contribution >= 4 is 0 Å². The number of nitrogens with one attached hydrogen (secondary N) is 2. The summed E-state index contributed by atoms with van der Waals surface area (Å²) in [5.41, 5.74) is 2.10. The van der Waals surface area contributed by atoms with Gasteiger partial charge >= 0.3 is 0 Å². The number of H-pyrrole nitrogens is 1. The lowest BCUT2D eigenvalue weighted by Gasteiger charge is -2.07. The van der Waals surface area contributed by atoms with Gasteiger partial charge in [0.2, 0.25) is 0 Å². The Hall–Kier alpha value is -1.81. The number of hydrogen-bond acceptors (Lipinski definition) is 3. The van der Waals surface area contributed by atoms with Crippen LogP contribution < -0.4 is 10.1 Å². The largest absolute Gasteiger partial charge is 0.493 e. The summed E-state index contributed by atoms with van der Waals surface area (Å²) >= 11 is 0. The highest BCUT2D eigenvalue weighted by Crippen LogP contribution is 2.27. The summed E-state index contributed by atoms with van der Waals surface area (Å²) in [4.78, 5) is 7.77. The molecule has 0 atom stereocenters. The molecule has 0 saturated heterocycles. The number of hydrogen-bond donors (Lipinski definition) is 2. The SMILES string of the molecule is CCCNCc1cnc(-c2ccccc2OCC)[nH]1. The minimum Gasteiger partial charge on any atom is -0.493 e. The van der Waals surface area contributed by atoms with Crippen LogP contribution >= 0.6 is 0 Å². The lowest BCUT2D eigenvalue weighted by Crippen LogP contribution is -2.13. The lowest BCUT2D eigenvalue weighted by atomic mass is 10.2. The zero-order valence-corrected chi connectivity index (χ0v) is 11.6. The number of aromatic amines is 1. The van der Waals surface area contributed by atoms with Gasteiger partial charge in [0.05, 0.1) is 12.2 Å². The first-order valence-corrected chi connectivity index (χ1v) is 6.82. The maximum Gasteiger partial charge on any atom is 0.141 e. The van der Waals surface area contributed by atoms with Gasteiger partial charge in [-0.2, -0.15) is 0 Å². The summed E-state index contributed by atoms with van der Waals surface area (Å²) in [6.07, 6.45) is 3.01. The van der Waals surface area contributed by atoms with E-state index in [1.807, 2.05) is 37.4 Å². The van der Waals surface area contributed by atoms with Gasteiger partial charge in [0.25, 0.3) is 0 Å². The average molecular weight is 259 g/mol. The molecule has 4 nitrogen and oxygen atoms in total. The summed E-state index contributed by atoms with van der Waals surface area (Å²) in [6.45, 7) is 6.63. The van der Waals surface area contributed by atoms with Crippen molar-refractivity contribution in [3.05, 3.63) is 36.2 Å². The Kier molecular flexibility index (Phi) is 4.98. The fourth-order valence-corrected chi connectivity index (χ4v) is 1.93. The molecule has 0 saturated carbocycles. The minimum atomic E-state index is 0.655. The molecule has 2 N–H and O–H groups in total. The normalized spacial score (nSPS) is 10.6. The number of aromatic nitrogens is 2. The van der Waals surface area contributed by atoms with Gasteiger partial charge in [0.15, 0.2) is 0 Å². The molecule has 0 amide bonds. The molecule has 1 aromatic carbocycles. The number of rotatable bonds is 7. The molecular weight excluding hydrogens is 238 g/mol. The van der Waals surface area contributed by atoms with Crippen LogP contribution in [0.25, 0.3) is 11.4 Å². The Labute approximate surface area is 114 Å². The molecule has 0 radical (unpaired) electrons. The molecule has 2 aromatic rings. The van der Waals surface area contributed by atoms with E-state index < -0.39 is 0 Å². The lowest BCUT2D eigenvalue weighted by molar-refractivity contribution is 0.341. The summed E-state index contributed by atoms with van der Waals surface area (Å²) < 4.78 is 5.62.